The number of aliphatic carboxylic acids is 1. The highest BCUT2D eigenvalue weighted by atomic mass is 16.4. The van der Waals surface area contributed by atoms with Crippen molar-refractivity contribution in [2.75, 3.05) is 0 Å². The molecule has 1 atom stereocenters. The first kappa shape index (κ1) is 12.6. The molecule has 0 saturated heterocycles. The molecule has 94 valence electrons. The lowest BCUT2D eigenvalue weighted by Crippen LogP contribution is -2.05. The minimum atomic E-state index is -0.728. The molecule has 0 saturated carbocycles. The number of carboxylic acid groups (broad SMARTS) is 1. The van der Waals surface area contributed by atoms with Crippen LogP contribution in [0.5, 0.6) is 0 Å². The van der Waals surface area contributed by atoms with E-state index >= 15 is 0 Å². The van der Waals surface area contributed by atoms with Crippen LogP contribution in [-0.4, -0.2) is 16.1 Å². The van der Waals surface area contributed by atoms with Crippen molar-refractivity contribution < 1.29 is 9.90 Å². The van der Waals surface area contributed by atoms with Gasteiger partial charge < -0.3 is 5.11 Å². The highest BCUT2D eigenvalue weighted by molar-refractivity contribution is 5.81. The minimum absolute atomic E-state index is 0.191. The maximum Gasteiger partial charge on any atom is 0.303 e. The number of fused-ring (bicyclic) bond motifs is 1. The van der Waals surface area contributed by atoms with E-state index in [9.17, 15) is 4.79 Å². The van der Waals surface area contributed by atoms with E-state index in [-0.39, 0.29) is 12.3 Å². The standard InChI is InChI=1S/C15H17NO2/c1-11(8-15(17)18)6-7-14-9-12-4-2-3-5-13(12)10-16-14/h2-5,9-11H,6-8H2,1H3,(H,17,18). The van der Waals surface area contributed by atoms with Gasteiger partial charge in [-0.15, -0.1) is 0 Å². The van der Waals surface area contributed by atoms with Gasteiger partial charge in [-0.1, -0.05) is 31.2 Å². The third-order valence-electron chi connectivity index (χ3n) is 3.10. The molecule has 1 unspecified atom stereocenters. The molecule has 3 heteroatoms. The molecule has 0 bridgehead atoms. The second kappa shape index (κ2) is 5.63. The summed E-state index contributed by atoms with van der Waals surface area (Å²) in [5.41, 5.74) is 1.03. The van der Waals surface area contributed by atoms with Gasteiger partial charge in [-0.25, -0.2) is 0 Å². The lowest BCUT2D eigenvalue weighted by molar-refractivity contribution is -0.138. The predicted octanol–water partition coefficient (Wildman–Crippen LogP) is 3.28. The van der Waals surface area contributed by atoms with E-state index in [0.29, 0.717) is 0 Å². The zero-order chi connectivity index (χ0) is 13.0. The molecule has 0 amide bonds. The molecule has 0 spiro atoms. The van der Waals surface area contributed by atoms with Crippen LogP contribution >= 0.6 is 0 Å². The maximum absolute atomic E-state index is 10.6. The van der Waals surface area contributed by atoms with E-state index in [2.05, 4.69) is 17.1 Å². The Morgan fingerprint density at radius 1 is 1.33 bits per heavy atom. The predicted molar refractivity (Wildman–Crippen MR) is 71.5 cm³/mol. The molecular weight excluding hydrogens is 226 g/mol. The van der Waals surface area contributed by atoms with Crippen molar-refractivity contribution in [3.8, 4) is 0 Å². The van der Waals surface area contributed by atoms with Crippen LogP contribution in [0, 0.1) is 5.92 Å². The molecule has 1 aromatic heterocycles. The fourth-order valence-electron chi connectivity index (χ4n) is 2.06. The molecule has 1 heterocycles. The van der Waals surface area contributed by atoms with Crippen LogP contribution in [0.3, 0.4) is 0 Å². The lowest BCUT2D eigenvalue weighted by atomic mass is 10.00. The summed E-state index contributed by atoms with van der Waals surface area (Å²) < 4.78 is 0. The van der Waals surface area contributed by atoms with E-state index in [1.165, 1.54) is 5.39 Å². The summed E-state index contributed by atoms with van der Waals surface area (Å²) in [7, 11) is 0. The van der Waals surface area contributed by atoms with Crippen LogP contribution in [0.1, 0.15) is 25.5 Å². The van der Waals surface area contributed by atoms with Gasteiger partial charge in [0.25, 0.3) is 0 Å². The summed E-state index contributed by atoms with van der Waals surface area (Å²) in [4.78, 5) is 15.0. The van der Waals surface area contributed by atoms with Crippen molar-refractivity contribution in [1.82, 2.24) is 4.98 Å². The number of nitrogens with zero attached hydrogens (tertiary/aromatic N) is 1. The first-order valence-corrected chi connectivity index (χ1v) is 6.20. The average Bonchev–Trinajstić information content (AvgIpc) is 2.35. The summed E-state index contributed by atoms with van der Waals surface area (Å²) >= 11 is 0. The van der Waals surface area contributed by atoms with Gasteiger partial charge in [-0.3, -0.25) is 9.78 Å². The SMILES string of the molecule is CC(CCc1cc2ccccc2cn1)CC(=O)O. The molecule has 2 aromatic rings. The van der Waals surface area contributed by atoms with Gasteiger partial charge in [0.1, 0.15) is 0 Å². The monoisotopic (exact) mass is 243 g/mol. The third kappa shape index (κ3) is 3.29. The van der Waals surface area contributed by atoms with E-state index < -0.39 is 5.97 Å². The normalized spacial score (nSPS) is 12.5. The van der Waals surface area contributed by atoms with Gasteiger partial charge in [0, 0.05) is 23.7 Å². The number of rotatable bonds is 5. The zero-order valence-corrected chi connectivity index (χ0v) is 10.5. The number of benzene rings is 1. The molecule has 0 radical (unpaired) electrons. The Bertz CT molecular complexity index is 551. The molecule has 18 heavy (non-hydrogen) atoms. The number of pyridine rings is 1. The van der Waals surface area contributed by atoms with Crippen LogP contribution in [0.4, 0.5) is 0 Å². The number of carbonyl (C=O) groups is 1. The van der Waals surface area contributed by atoms with Gasteiger partial charge in [0.05, 0.1) is 0 Å². The fraction of sp³-hybridized carbons (Fsp3) is 0.333. The maximum atomic E-state index is 10.6. The minimum Gasteiger partial charge on any atom is -0.481 e. The summed E-state index contributed by atoms with van der Waals surface area (Å²) in [6.45, 7) is 1.97. The quantitative estimate of drug-likeness (QED) is 0.876. The van der Waals surface area contributed by atoms with Crippen molar-refractivity contribution >= 4 is 16.7 Å². The smallest absolute Gasteiger partial charge is 0.303 e. The van der Waals surface area contributed by atoms with Crippen LogP contribution < -0.4 is 0 Å². The second-order valence-electron chi connectivity index (χ2n) is 4.76. The van der Waals surface area contributed by atoms with Gasteiger partial charge >= 0.3 is 5.97 Å². The first-order valence-electron chi connectivity index (χ1n) is 6.20. The molecule has 0 aliphatic heterocycles. The highest BCUT2D eigenvalue weighted by Crippen LogP contribution is 2.16. The first-order chi connectivity index (χ1) is 8.65. The Morgan fingerprint density at radius 2 is 2.06 bits per heavy atom. The Balaban J connectivity index is 2.01. The van der Waals surface area contributed by atoms with E-state index in [0.717, 1.165) is 23.9 Å². The van der Waals surface area contributed by atoms with Gasteiger partial charge in [-0.2, -0.15) is 0 Å². The number of hydrogen-bond donors (Lipinski definition) is 1. The Hall–Kier alpha value is -1.90. The van der Waals surface area contributed by atoms with Crippen molar-refractivity contribution in [1.29, 1.82) is 0 Å². The number of aromatic nitrogens is 1. The van der Waals surface area contributed by atoms with Crippen molar-refractivity contribution in [3.05, 3.63) is 42.2 Å². The van der Waals surface area contributed by atoms with Crippen molar-refractivity contribution in [2.45, 2.75) is 26.2 Å². The molecule has 3 nitrogen and oxygen atoms in total. The molecule has 2 rings (SSSR count). The lowest BCUT2D eigenvalue weighted by Gasteiger charge is -2.08. The number of hydrogen-bond acceptors (Lipinski definition) is 2. The van der Waals surface area contributed by atoms with Crippen molar-refractivity contribution in [2.24, 2.45) is 5.92 Å². The fourth-order valence-corrected chi connectivity index (χ4v) is 2.06. The second-order valence-corrected chi connectivity index (χ2v) is 4.76. The van der Waals surface area contributed by atoms with Crippen LogP contribution in [0.2, 0.25) is 0 Å². The molecule has 1 N–H and O–H groups in total. The summed E-state index contributed by atoms with van der Waals surface area (Å²) in [6.07, 6.45) is 3.80. The van der Waals surface area contributed by atoms with E-state index in [4.69, 9.17) is 5.11 Å². The molecule has 0 fully saturated rings. The topological polar surface area (TPSA) is 50.2 Å². The van der Waals surface area contributed by atoms with Gasteiger partial charge in [0.2, 0.25) is 0 Å². The largest absolute Gasteiger partial charge is 0.481 e. The van der Waals surface area contributed by atoms with E-state index in [1.54, 1.807) is 0 Å². The molecule has 0 aliphatic carbocycles. The summed E-state index contributed by atoms with van der Waals surface area (Å²) in [5, 5.41) is 11.0. The Labute approximate surface area is 106 Å². The van der Waals surface area contributed by atoms with Gasteiger partial charge in [-0.05, 0) is 30.2 Å². The van der Waals surface area contributed by atoms with E-state index in [1.807, 2.05) is 31.3 Å². The number of carboxylic acids is 1. The summed E-state index contributed by atoms with van der Waals surface area (Å²) in [5.74, 6) is -0.537. The summed E-state index contributed by atoms with van der Waals surface area (Å²) in [6, 6.07) is 10.2. The number of aryl methyl sites for hydroxylation is 1. The van der Waals surface area contributed by atoms with Crippen molar-refractivity contribution in [3.63, 3.8) is 0 Å². The van der Waals surface area contributed by atoms with Crippen LogP contribution in [0.15, 0.2) is 36.5 Å². The average molecular weight is 243 g/mol. The molecule has 1 aromatic carbocycles. The third-order valence-corrected chi connectivity index (χ3v) is 3.10. The Morgan fingerprint density at radius 3 is 2.78 bits per heavy atom. The highest BCUT2D eigenvalue weighted by Gasteiger charge is 2.08. The Kier molecular flexibility index (Phi) is 3.92. The molecule has 0 aliphatic rings. The van der Waals surface area contributed by atoms with Crippen LogP contribution in [-0.2, 0) is 11.2 Å². The molecular formula is C15H17NO2. The zero-order valence-electron chi connectivity index (χ0n) is 10.5. The van der Waals surface area contributed by atoms with Crippen LogP contribution in [0.25, 0.3) is 10.8 Å². The van der Waals surface area contributed by atoms with Gasteiger partial charge in [0.15, 0.2) is 0 Å².